The molecule has 1 aromatic heterocycles. The zero-order chi connectivity index (χ0) is 16.2. The molecule has 0 spiro atoms. The molecule has 2 fully saturated rings. The van der Waals surface area contributed by atoms with Gasteiger partial charge in [-0.15, -0.1) is 0 Å². The topological polar surface area (TPSA) is 45.7 Å². The Hall–Kier alpha value is -1.62. The second kappa shape index (κ2) is 7.30. The molecule has 2 aliphatic rings. The molecule has 1 saturated carbocycles. The van der Waals surface area contributed by atoms with Gasteiger partial charge in [0.05, 0.1) is 17.9 Å². The Kier molecular flexibility index (Phi) is 5.16. The average molecular weight is 317 g/mol. The van der Waals surface area contributed by atoms with Gasteiger partial charge < -0.3 is 9.64 Å². The first-order valence-corrected chi connectivity index (χ1v) is 8.78. The van der Waals surface area contributed by atoms with Gasteiger partial charge in [0.25, 0.3) is 5.91 Å². The monoisotopic (exact) mass is 317 g/mol. The minimum absolute atomic E-state index is 0.0714. The first-order valence-electron chi connectivity index (χ1n) is 8.78. The van der Waals surface area contributed by atoms with Gasteiger partial charge in [-0.2, -0.15) is 0 Å². The van der Waals surface area contributed by atoms with Crippen molar-refractivity contribution in [3.63, 3.8) is 0 Å². The molecule has 1 aromatic rings. The van der Waals surface area contributed by atoms with Crippen LogP contribution < -0.4 is 4.74 Å². The van der Waals surface area contributed by atoms with E-state index in [1.165, 1.54) is 19.3 Å². The first kappa shape index (κ1) is 16.2. The van der Waals surface area contributed by atoms with E-state index in [1.807, 2.05) is 24.8 Å². The van der Waals surface area contributed by atoms with E-state index in [-0.39, 0.29) is 12.0 Å². The van der Waals surface area contributed by atoms with Gasteiger partial charge in [-0.05, 0) is 39.2 Å². The van der Waals surface area contributed by atoms with Gasteiger partial charge in [0.1, 0.15) is 5.75 Å². The van der Waals surface area contributed by atoms with Crippen LogP contribution in [0.1, 0.15) is 49.9 Å². The number of hydrogen-bond acceptors (Lipinski definition) is 4. The average Bonchev–Trinajstić information content (AvgIpc) is 2.70. The number of rotatable bonds is 4. The quantitative estimate of drug-likeness (QED) is 0.856. The molecular weight excluding hydrogens is 290 g/mol. The molecule has 0 atom stereocenters. The van der Waals surface area contributed by atoms with Crippen LogP contribution in [0.5, 0.6) is 5.75 Å². The maximum Gasteiger partial charge on any atom is 0.255 e. The predicted octanol–water partition coefficient (Wildman–Crippen LogP) is 2.57. The molecule has 3 rings (SSSR count). The second-order valence-electron chi connectivity index (χ2n) is 6.84. The van der Waals surface area contributed by atoms with E-state index in [2.05, 4.69) is 9.88 Å². The first-order chi connectivity index (χ1) is 11.1. The Bertz CT molecular complexity index is 543. The third kappa shape index (κ3) is 4.02. The van der Waals surface area contributed by atoms with Crippen LogP contribution in [0.25, 0.3) is 0 Å². The molecule has 126 valence electrons. The molecular formula is C18H27N3O2. The minimum atomic E-state index is 0.0714. The summed E-state index contributed by atoms with van der Waals surface area (Å²) in [6, 6.07) is 2.57. The van der Waals surface area contributed by atoms with Crippen molar-refractivity contribution in [1.82, 2.24) is 14.8 Å². The van der Waals surface area contributed by atoms with E-state index in [1.54, 1.807) is 12.4 Å². The minimum Gasteiger partial charge on any atom is -0.489 e. The maximum absolute atomic E-state index is 12.8. The van der Waals surface area contributed by atoms with Crippen molar-refractivity contribution in [2.45, 2.75) is 51.7 Å². The van der Waals surface area contributed by atoms with Gasteiger partial charge in [0, 0.05) is 38.4 Å². The fraction of sp³-hybridized carbons (Fsp3) is 0.667. The standard InChI is InChI=1S/C18H27N3O2/c1-14(2)23-17-11-15(12-19-13-17)18(22)21-8-4-7-20(9-10-21)16-5-3-6-16/h11-14,16H,3-10H2,1-2H3. The van der Waals surface area contributed by atoms with E-state index in [0.29, 0.717) is 11.3 Å². The number of ether oxygens (including phenoxy) is 1. The van der Waals surface area contributed by atoms with Crippen LogP contribution in [0.15, 0.2) is 18.5 Å². The molecule has 1 aliphatic carbocycles. The molecule has 0 unspecified atom stereocenters. The Balaban J connectivity index is 1.63. The van der Waals surface area contributed by atoms with Crippen molar-refractivity contribution >= 4 is 5.91 Å². The van der Waals surface area contributed by atoms with E-state index in [4.69, 9.17) is 4.74 Å². The largest absolute Gasteiger partial charge is 0.489 e. The molecule has 1 saturated heterocycles. The van der Waals surface area contributed by atoms with Crippen LogP contribution in [0.2, 0.25) is 0 Å². The summed E-state index contributed by atoms with van der Waals surface area (Å²) in [6.07, 6.45) is 8.45. The maximum atomic E-state index is 12.8. The van der Waals surface area contributed by atoms with E-state index < -0.39 is 0 Å². The van der Waals surface area contributed by atoms with Gasteiger partial charge in [-0.1, -0.05) is 6.42 Å². The summed E-state index contributed by atoms with van der Waals surface area (Å²) >= 11 is 0. The van der Waals surface area contributed by atoms with Gasteiger partial charge in [-0.3, -0.25) is 14.7 Å². The summed E-state index contributed by atoms with van der Waals surface area (Å²) in [6.45, 7) is 7.69. The van der Waals surface area contributed by atoms with Gasteiger partial charge in [0.15, 0.2) is 0 Å². The highest BCUT2D eigenvalue weighted by Crippen LogP contribution is 2.25. The highest BCUT2D eigenvalue weighted by molar-refractivity contribution is 5.94. The van der Waals surface area contributed by atoms with Crippen molar-refractivity contribution in [2.75, 3.05) is 26.2 Å². The predicted molar refractivity (Wildman–Crippen MR) is 89.7 cm³/mol. The molecule has 0 bridgehead atoms. The highest BCUT2D eigenvalue weighted by atomic mass is 16.5. The van der Waals surface area contributed by atoms with E-state index in [0.717, 1.165) is 38.6 Å². The number of aromatic nitrogens is 1. The molecule has 0 radical (unpaired) electrons. The summed E-state index contributed by atoms with van der Waals surface area (Å²) in [4.78, 5) is 21.5. The van der Waals surface area contributed by atoms with Gasteiger partial charge in [-0.25, -0.2) is 0 Å². The lowest BCUT2D eigenvalue weighted by molar-refractivity contribution is 0.0748. The number of pyridine rings is 1. The van der Waals surface area contributed by atoms with Crippen molar-refractivity contribution in [2.24, 2.45) is 0 Å². The Morgan fingerprint density at radius 2 is 2.00 bits per heavy atom. The highest BCUT2D eigenvalue weighted by Gasteiger charge is 2.28. The van der Waals surface area contributed by atoms with Crippen LogP contribution in [-0.4, -0.2) is 59.0 Å². The lowest BCUT2D eigenvalue weighted by atomic mass is 9.91. The molecule has 2 heterocycles. The van der Waals surface area contributed by atoms with Gasteiger partial charge >= 0.3 is 0 Å². The smallest absolute Gasteiger partial charge is 0.255 e. The van der Waals surface area contributed by atoms with Crippen molar-refractivity contribution < 1.29 is 9.53 Å². The molecule has 0 aromatic carbocycles. The summed E-state index contributed by atoms with van der Waals surface area (Å²) in [7, 11) is 0. The summed E-state index contributed by atoms with van der Waals surface area (Å²) in [5, 5.41) is 0. The molecule has 1 aliphatic heterocycles. The van der Waals surface area contributed by atoms with Crippen molar-refractivity contribution in [3.8, 4) is 5.75 Å². The Morgan fingerprint density at radius 1 is 1.17 bits per heavy atom. The van der Waals surface area contributed by atoms with Crippen LogP contribution in [0.4, 0.5) is 0 Å². The van der Waals surface area contributed by atoms with E-state index in [9.17, 15) is 4.79 Å². The zero-order valence-corrected chi connectivity index (χ0v) is 14.2. The summed E-state index contributed by atoms with van der Waals surface area (Å²) in [5.74, 6) is 0.735. The number of nitrogens with zero attached hydrogens (tertiary/aromatic N) is 3. The number of carbonyl (C=O) groups excluding carboxylic acids is 1. The molecule has 5 nitrogen and oxygen atoms in total. The second-order valence-corrected chi connectivity index (χ2v) is 6.84. The lowest BCUT2D eigenvalue weighted by Gasteiger charge is -2.36. The van der Waals surface area contributed by atoms with Gasteiger partial charge in [0.2, 0.25) is 0 Å². The number of amides is 1. The van der Waals surface area contributed by atoms with Crippen LogP contribution in [-0.2, 0) is 0 Å². The van der Waals surface area contributed by atoms with E-state index >= 15 is 0 Å². The summed E-state index contributed by atoms with van der Waals surface area (Å²) < 4.78 is 5.65. The fourth-order valence-corrected chi connectivity index (χ4v) is 3.31. The van der Waals surface area contributed by atoms with Crippen molar-refractivity contribution in [1.29, 1.82) is 0 Å². The normalized spacial score (nSPS) is 20.2. The van der Waals surface area contributed by atoms with Crippen molar-refractivity contribution in [3.05, 3.63) is 24.0 Å². The number of carbonyl (C=O) groups is 1. The Morgan fingerprint density at radius 3 is 2.70 bits per heavy atom. The molecule has 1 amide bonds. The third-order valence-corrected chi connectivity index (χ3v) is 4.74. The third-order valence-electron chi connectivity index (χ3n) is 4.74. The SMILES string of the molecule is CC(C)Oc1cncc(C(=O)N2CCCN(C3CCC3)CC2)c1. The van der Waals surface area contributed by atoms with Crippen LogP contribution >= 0.6 is 0 Å². The van der Waals surface area contributed by atoms with Crippen LogP contribution in [0.3, 0.4) is 0 Å². The molecule has 5 heteroatoms. The van der Waals surface area contributed by atoms with Crippen LogP contribution in [0, 0.1) is 0 Å². The molecule has 23 heavy (non-hydrogen) atoms. The molecule has 0 N–H and O–H groups in total. The lowest BCUT2D eigenvalue weighted by Crippen LogP contribution is -2.42. The summed E-state index contributed by atoms with van der Waals surface area (Å²) in [5.41, 5.74) is 0.625. The zero-order valence-electron chi connectivity index (χ0n) is 14.2. The Labute approximate surface area is 138 Å². The number of hydrogen-bond donors (Lipinski definition) is 0. The fourth-order valence-electron chi connectivity index (χ4n) is 3.31.